The fraction of sp³-hybridized carbons (Fsp3) is 1.00. The Labute approximate surface area is 85.3 Å². The second-order valence-electron chi connectivity index (χ2n) is 6.10. The van der Waals surface area contributed by atoms with Crippen LogP contribution in [0, 0.1) is 0 Å². The minimum atomic E-state index is -1.48. The Kier molecular flexibility index (Phi) is 1.53. The number of hydrogen-bond acceptors (Lipinski definition) is 0. The maximum absolute atomic E-state index is 1.69. The zero-order valence-electron chi connectivity index (χ0n) is 8.47. The van der Waals surface area contributed by atoms with E-state index in [-0.39, 0.29) is 0 Å². The summed E-state index contributed by atoms with van der Waals surface area (Å²) in [4.78, 5) is 0. The molecule has 0 saturated heterocycles. The van der Waals surface area contributed by atoms with Gasteiger partial charge in [0.25, 0.3) is 0 Å². The molecule has 4 aliphatic rings. The Bertz CT molecular complexity index is 178. The summed E-state index contributed by atoms with van der Waals surface area (Å²) < 4.78 is 5.67. The van der Waals surface area contributed by atoms with Crippen molar-refractivity contribution in [1.82, 2.24) is 0 Å². The summed E-state index contributed by atoms with van der Waals surface area (Å²) in [5.41, 5.74) is 0. The van der Waals surface area contributed by atoms with E-state index in [4.69, 9.17) is 0 Å². The van der Waals surface area contributed by atoms with Crippen molar-refractivity contribution in [3.8, 4) is 0 Å². The molecule has 4 rings (SSSR count). The average molecular weight is 283 g/mol. The van der Waals surface area contributed by atoms with E-state index >= 15 is 0 Å². The van der Waals surface area contributed by atoms with Crippen LogP contribution in [0.15, 0.2) is 0 Å². The summed E-state index contributed by atoms with van der Waals surface area (Å²) in [6.45, 7) is 0. The van der Waals surface area contributed by atoms with Crippen LogP contribution in [0.5, 0.6) is 0 Å². The third-order valence-corrected chi connectivity index (χ3v) is 27.9. The molecular formula is C12H20Sn. The topological polar surface area (TPSA) is 0 Å². The molecule has 0 bridgehead atoms. The molecule has 0 nitrogen and oxygen atoms in total. The predicted octanol–water partition coefficient (Wildman–Crippen LogP) is 4.09. The van der Waals surface area contributed by atoms with Gasteiger partial charge in [0.15, 0.2) is 0 Å². The Morgan fingerprint density at radius 1 is 0.462 bits per heavy atom. The molecule has 4 fully saturated rings. The van der Waals surface area contributed by atoms with Crippen LogP contribution in [0.2, 0.25) is 15.7 Å². The minimum absolute atomic E-state index is 1.42. The van der Waals surface area contributed by atoms with Gasteiger partial charge in [0.05, 0.1) is 0 Å². The molecule has 0 atom stereocenters. The van der Waals surface area contributed by atoms with Gasteiger partial charge < -0.3 is 0 Å². The van der Waals surface area contributed by atoms with Crippen LogP contribution in [0.25, 0.3) is 0 Å². The van der Waals surface area contributed by atoms with Gasteiger partial charge in [-0.3, -0.25) is 0 Å². The molecule has 0 aliphatic heterocycles. The molecular weight excluding hydrogens is 263 g/mol. The van der Waals surface area contributed by atoms with Crippen molar-refractivity contribution in [1.29, 1.82) is 0 Å². The summed E-state index contributed by atoms with van der Waals surface area (Å²) >= 11 is -1.48. The normalized spacial score (nSPS) is 35.1. The van der Waals surface area contributed by atoms with Crippen LogP contribution in [-0.2, 0) is 0 Å². The summed E-state index contributed by atoms with van der Waals surface area (Å²) in [6, 6.07) is 0. The Hall–Kier alpha value is 0.799. The molecule has 0 heterocycles. The monoisotopic (exact) mass is 284 g/mol. The van der Waals surface area contributed by atoms with E-state index in [2.05, 4.69) is 0 Å². The van der Waals surface area contributed by atoms with Crippen LogP contribution < -0.4 is 0 Å². The van der Waals surface area contributed by atoms with Crippen LogP contribution in [0.3, 0.4) is 0 Å². The van der Waals surface area contributed by atoms with E-state index in [1.165, 1.54) is 15.7 Å². The van der Waals surface area contributed by atoms with Crippen LogP contribution >= 0.6 is 0 Å². The average Bonchev–Trinajstić information content (AvgIpc) is 3.00. The first-order valence-corrected chi connectivity index (χ1v) is 13.0. The van der Waals surface area contributed by atoms with Crippen molar-refractivity contribution in [2.45, 2.75) is 67.1 Å². The van der Waals surface area contributed by atoms with E-state index in [0.29, 0.717) is 0 Å². The first-order valence-electron chi connectivity index (χ1n) is 6.42. The molecule has 72 valence electrons. The van der Waals surface area contributed by atoms with Gasteiger partial charge in [-0.1, -0.05) is 0 Å². The van der Waals surface area contributed by atoms with E-state index < -0.39 is 18.4 Å². The SMILES string of the molecule is C1C[CH]1[Sn]([CH]1CC1)([CH]1CC1)[CH]1CC1. The van der Waals surface area contributed by atoms with Crippen molar-refractivity contribution in [3.05, 3.63) is 0 Å². The predicted molar refractivity (Wildman–Crippen MR) is 57.7 cm³/mol. The van der Waals surface area contributed by atoms with Crippen LogP contribution in [0.4, 0.5) is 0 Å². The fourth-order valence-electron chi connectivity index (χ4n) is 4.33. The molecule has 4 saturated carbocycles. The van der Waals surface area contributed by atoms with Crippen molar-refractivity contribution in [2.24, 2.45) is 0 Å². The summed E-state index contributed by atoms with van der Waals surface area (Å²) in [5.74, 6) is 0. The zero-order chi connectivity index (χ0) is 8.47. The fourth-order valence-corrected chi connectivity index (χ4v) is 29.1. The van der Waals surface area contributed by atoms with Gasteiger partial charge in [0, 0.05) is 0 Å². The van der Waals surface area contributed by atoms with Crippen molar-refractivity contribution < 1.29 is 0 Å². The Morgan fingerprint density at radius 2 is 0.692 bits per heavy atom. The van der Waals surface area contributed by atoms with Gasteiger partial charge in [-0.25, -0.2) is 0 Å². The summed E-state index contributed by atoms with van der Waals surface area (Å²) in [6.07, 6.45) is 13.6. The van der Waals surface area contributed by atoms with Gasteiger partial charge in [0.1, 0.15) is 0 Å². The van der Waals surface area contributed by atoms with Crippen molar-refractivity contribution in [3.63, 3.8) is 0 Å². The second-order valence-corrected chi connectivity index (χ2v) is 21.1. The van der Waals surface area contributed by atoms with Crippen molar-refractivity contribution in [2.75, 3.05) is 0 Å². The second kappa shape index (κ2) is 2.48. The molecule has 1 heteroatoms. The van der Waals surface area contributed by atoms with E-state index in [0.717, 1.165) is 0 Å². The van der Waals surface area contributed by atoms with E-state index in [1.807, 2.05) is 0 Å². The number of rotatable bonds is 4. The van der Waals surface area contributed by atoms with E-state index in [1.54, 1.807) is 51.4 Å². The van der Waals surface area contributed by atoms with Gasteiger partial charge in [-0.15, -0.1) is 0 Å². The third kappa shape index (κ3) is 1.10. The quantitative estimate of drug-likeness (QED) is 0.682. The summed E-state index contributed by atoms with van der Waals surface area (Å²) in [5, 5.41) is 0. The van der Waals surface area contributed by atoms with Gasteiger partial charge in [0.2, 0.25) is 0 Å². The molecule has 4 aliphatic carbocycles. The Balaban J connectivity index is 1.71. The first-order chi connectivity index (χ1) is 6.42. The zero-order valence-corrected chi connectivity index (χ0v) is 11.3. The molecule has 0 radical (unpaired) electrons. The first kappa shape index (κ1) is 8.01. The maximum atomic E-state index is 1.69. The van der Waals surface area contributed by atoms with Crippen LogP contribution in [0.1, 0.15) is 51.4 Å². The van der Waals surface area contributed by atoms with Gasteiger partial charge in [-0.2, -0.15) is 0 Å². The van der Waals surface area contributed by atoms with Crippen LogP contribution in [-0.4, -0.2) is 18.4 Å². The molecule has 0 amide bonds. The molecule has 0 aromatic rings. The molecule has 0 aromatic heterocycles. The molecule has 0 spiro atoms. The van der Waals surface area contributed by atoms with Crippen molar-refractivity contribution >= 4 is 18.4 Å². The number of hydrogen-bond donors (Lipinski definition) is 0. The third-order valence-electron chi connectivity index (χ3n) is 5.14. The molecule has 0 unspecified atom stereocenters. The van der Waals surface area contributed by atoms with Gasteiger partial charge in [-0.05, 0) is 0 Å². The molecule has 0 N–H and O–H groups in total. The van der Waals surface area contributed by atoms with Gasteiger partial charge >= 0.3 is 85.5 Å². The molecule has 13 heavy (non-hydrogen) atoms. The standard InChI is InChI=1S/4C3H5.Sn/c4*1-2-3-1;/h4*1H,2-3H2;. The van der Waals surface area contributed by atoms with E-state index in [9.17, 15) is 0 Å². The molecule has 0 aromatic carbocycles. The summed E-state index contributed by atoms with van der Waals surface area (Å²) in [7, 11) is 0. The Morgan fingerprint density at radius 3 is 0.846 bits per heavy atom.